The second-order valence-corrected chi connectivity index (χ2v) is 5.52. The summed E-state index contributed by atoms with van der Waals surface area (Å²) >= 11 is 0. The first-order chi connectivity index (χ1) is 12.0. The van der Waals surface area contributed by atoms with E-state index in [0.29, 0.717) is 17.2 Å². The lowest BCUT2D eigenvalue weighted by molar-refractivity contribution is -0.149. The van der Waals surface area contributed by atoms with Crippen molar-refractivity contribution in [3.05, 3.63) is 53.6 Å². The Bertz CT molecular complexity index is 737. The predicted molar refractivity (Wildman–Crippen MR) is 94.0 cm³/mol. The minimum atomic E-state index is -0.638. The minimum Gasteiger partial charge on any atom is -0.493 e. The smallest absolute Gasteiger partial charge is 0.344 e. The average molecular weight is 343 g/mol. The fourth-order valence-corrected chi connectivity index (χ4v) is 2.31. The van der Waals surface area contributed by atoms with Crippen LogP contribution in [0.15, 0.2) is 42.5 Å². The molecule has 25 heavy (non-hydrogen) atoms. The van der Waals surface area contributed by atoms with Crippen LogP contribution in [0.2, 0.25) is 0 Å². The van der Waals surface area contributed by atoms with Crippen LogP contribution in [0.3, 0.4) is 0 Å². The van der Waals surface area contributed by atoms with Gasteiger partial charge in [0.15, 0.2) is 24.7 Å². The van der Waals surface area contributed by atoms with E-state index in [1.165, 1.54) is 7.11 Å². The molecule has 0 saturated heterocycles. The standard InChI is InChI=1S/C19H21NO5/c1-13-8-14(2)10-15(9-13)20-18(21)11-25-19(22)12-24-17-7-5-4-6-16(17)23-3/h4-10H,11-12H2,1-3H3,(H,20,21). The van der Waals surface area contributed by atoms with Gasteiger partial charge in [-0.1, -0.05) is 18.2 Å². The Morgan fingerprint density at radius 3 is 2.24 bits per heavy atom. The number of rotatable bonds is 7. The van der Waals surface area contributed by atoms with Gasteiger partial charge in [0.05, 0.1) is 7.11 Å². The van der Waals surface area contributed by atoms with Crippen LogP contribution in [0.1, 0.15) is 11.1 Å². The van der Waals surface area contributed by atoms with E-state index in [1.807, 2.05) is 32.0 Å². The number of hydrogen-bond donors (Lipinski definition) is 1. The Morgan fingerprint density at radius 2 is 1.60 bits per heavy atom. The highest BCUT2D eigenvalue weighted by Crippen LogP contribution is 2.25. The van der Waals surface area contributed by atoms with Crippen molar-refractivity contribution in [2.45, 2.75) is 13.8 Å². The van der Waals surface area contributed by atoms with Crippen molar-refractivity contribution < 1.29 is 23.8 Å². The number of aryl methyl sites for hydroxylation is 2. The molecule has 0 spiro atoms. The summed E-state index contributed by atoms with van der Waals surface area (Å²) in [6, 6.07) is 12.7. The van der Waals surface area contributed by atoms with Gasteiger partial charge in [0.1, 0.15) is 0 Å². The summed E-state index contributed by atoms with van der Waals surface area (Å²) in [5, 5.41) is 2.69. The molecule has 0 aliphatic carbocycles. The Balaban J connectivity index is 1.78. The Kier molecular flexibility index (Phi) is 6.39. The van der Waals surface area contributed by atoms with E-state index in [2.05, 4.69) is 5.32 Å². The normalized spacial score (nSPS) is 10.0. The second kappa shape index (κ2) is 8.73. The van der Waals surface area contributed by atoms with Crippen LogP contribution in [0.5, 0.6) is 11.5 Å². The highest BCUT2D eigenvalue weighted by molar-refractivity contribution is 5.93. The van der Waals surface area contributed by atoms with Gasteiger partial charge in [0.2, 0.25) is 0 Å². The third-order valence-electron chi connectivity index (χ3n) is 3.28. The van der Waals surface area contributed by atoms with E-state index >= 15 is 0 Å². The van der Waals surface area contributed by atoms with E-state index in [0.717, 1.165) is 11.1 Å². The molecular formula is C19H21NO5. The Labute approximate surface area is 146 Å². The van der Waals surface area contributed by atoms with Crippen molar-refractivity contribution in [3.8, 4) is 11.5 Å². The molecule has 6 nitrogen and oxygen atoms in total. The number of para-hydroxylation sites is 2. The monoisotopic (exact) mass is 343 g/mol. The average Bonchev–Trinajstić information content (AvgIpc) is 2.57. The first-order valence-corrected chi connectivity index (χ1v) is 7.77. The molecule has 0 saturated carbocycles. The van der Waals surface area contributed by atoms with E-state index in [4.69, 9.17) is 14.2 Å². The number of carbonyl (C=O) groups is 2. The molecule has 0 atom stereocenters. The molecule has 1 N–H and O–H groups in total. The van der Waals surface area contributed by atoms with Gasteiger partial charge in [0.25, 0.3) is 5.91 Å². The number of ether oxygens (including phenoxy) is 3. The summed E-state index contributed by atoms with van der Waals surface area (Å²) in [6.45, 7) is 3.20. The van der Waals surface area contributed by atoms with Gasteiger partial charge in [-0.25, -0.2) is 4.79 Å². The third-order valence-corrected chi connectivity index (χ3v) is 3.28. The van der Waals surface area contributed by atoms with Gasteiger partial charge in [-0.2, -0.15) is 0 Å². The molecule has 0 bridgehead atoms. The number of esters is 1. The van der Waals surface area contributed by atoms with Crippen molar-refractivity contribution in [1.29, 1.82) is 0 Å². The predicted octanol–water partition coefficient (Wildman–Crippen LogP) is 2.87. The van der Waals surface area contributed by atoms with Crippen LogP contribution < -0.4 is 14.8 Å². The lowest BCUT2D eigenvalue weighted by Crippen LogP contribution is -2.23. The molecule has 0 aliphatic rings. The number of benzene rings is 2. The Morgan fingerprint density at radius 1 is 0.960 bits per heavy atom. The second-order valence-electron chi connectivity index (χ2n) is 5.52. The van der Waals surface area contributed by atoms with Crippen molar-refractivity contribution in [1.82, 2.24) is 0 Å². The lowest BCUT2D eigenvalue weighted by atomic mass is 10.1. The van der Waals surface area contributed by atoms with E-state index in [-0.39, 0.29) is 13.2 Å². The first kappa shape index (κ1) is 18.3. The van der Waals surface area contributed by atoms with Gasteiger partial charge in [-0.15, -0.1) is 0 Å². The molecule has 2 rings (SSSR count). The zero-order valence-electron chi connectivity index (χ0n) is 14.5. The number of methoxy groups -OCH3 is 1. The highest BCUT2D eigenvalue weighted by atomic mass is 16.6. The molecule has 0 aromatic heterocycles. The molecule has 2 aromatic carbocycles. The molecule has 1 amide bonds. The zero-order valence-corrected chi connectivity index (χ0v) is 14.5. The summed E-state index contributed by atoms with van der Waals surface area (Å²) in [5.41, 5.74) is 2.75. The lowest BCUT2D eigenvalue weighted by Gasteiger charge is -2.10. The molecule has 6 heteroatoms. The number of carbonyl (C=O) groups excluding carboxylic acids is 2. The fraction of sp³-hybridized carbons (Fsp3) is 0.263. The van der Waals surface area contributed by atoms with Gasteiger partial charge in [0, 0.05) is 5.69 Å². The molecule has 2 aromatic rings. The molecular weight excluding hydrogens is 322 g/mol. The Hall–Kier alpha value is -3.02. The van der Waals surface area contributed by atoms with Crippen molar-refractivity contribution >= 4 is 17.6 Å². The SMILES string of the molecule is COc1ccccc1OCC(=O)OCC(=O)Nc1cc(C)cc(C)c1. The first-order valence-electron chi connectivity index (χ1n) is 7.77. The quantitative estimate of drug-likeness (QED) is 0.783. The molecule has 0 fully saturated rings. The van der Waals surface area contributed by atoms with E-state index in [9.17, 15) is 9.59 Å². The van der Waals surface area contributed by atoms with Crippen LogP contribution in [0, 0.1) is 13.8 Å². The summed E-state index contributed by atoms with van der Waals surface area (Å²) in [4.78, 5) is 23.6. The molecule has 0 unspecified atom stereocenters. The summed E-state index contributed by atoms with van der Waals surface area (Å²) in [5.74, 6) is -0.0957. The summed E-state index contributed by atoms with van der Waals surface area (Å²) in [6.07, 6.45) is 0. The summed E-state index contributed by atoms with van der Waals surface area (Å²) < 4.78 is 15.4. The van der Waals surface area contributed by atoms with Crippen molar-refractivity contribution in [2.24, 2.45) is 0 Å². The molecule has 0 radical (unpaired) electrons. The number of amides is 1. The fourth-order valence-electron chi connectivity index (χ4n) is 2.31. The number of nitrogens with one attached hydrogen (secondary N) is 1. The highest BCUT2D eigenvalue weighted by Gasteiger charge is 2.11. The van der Waals surface area contributed by atoms with Crippen LogP contribution in [0.25, 0.3) is 0 Å². The third kappa shape index (κ3) is 5.84. The van der Waals surface area contributed by atoms with Crippen LogP contribution >= 0.6 is 0 Å². The maximum Gasteiger partial charge on any atom is 0.344 e. The largest absolute Gasteiger partial charge is 0.493 e. The van der Waals surface area contributed by atoms with Gasteiger partial charge >= 0.3 is 5.97 Å². The minimum absolute atomic E-state index is 0.308. The zero-order chi connectivity index (χ0) is 18.2. The van der Waals surface area contributed by atoms with Gasteiger partial charge in [-0.05, 0) is 49.2 Å². The summed E-state index contributed by atoms with van der Waals surface area (Å²) in [7, 11) is 1.51. The van der Waals surface area contributed by atoms with Crippen LogP contribution in [0.4, 0.5) is 5.69 Å². The molecule has 0 heterocycles. The van der Waals surface area contributed by atoms with E-state index in [1.54, 1.807) is 24.3 Å². The molecule has 132 valence electrons. The topological polar surface area (TPSA) is 73.9 Å². The van der Waals surface area contributed by atoms with Crippen molar-refractivity contribution in [3.63, 3.8) is 0 Å². The van der Waals surface area contributed by atoms with Gasteiger partial charge < -0.3 is 19.5 Å². The number of hydrogen-bond acceptors (Lipinski definition) is 5. The molecule has 0 aliphatic heterocycles. The van der Waals surface area contributed by atoms with Crippen LogP contribution in [-0.4, -0.2) is 32.2 Å². The van der Waals surface area contributed by atoms with Crippen LogP contribution in [-0.2, 0) is 14.3 Å². The number of anilines is 1. The maximum absolute atomic E-state index is 11.9. The van der Waals surface area contributed by atoms with Gasteiger partial charge in [-0.3, -0.25) is 4.79 Å². The van der Waals surface area contributed by atoms with E-state index < -0.39 is 11.9 Å². The maximum atomic E-state index is 11.9. The van der Waals surface area contributed by atoms with Crippen molar-refractivity contribution in [2.75, 3.05) is 25.6 Å².